The van der Waals surface area contributed by atoms with E-state index in [4.69, 9.17) is 0 Å². The van der Waals surface area contributed by atoms with Crippen LogP contribution in [0.1, 0.15) is 22.3 Å². The molecule has 4 rings (SSSR count). The average molecular weight is 453 g/mol. The lowest BCUT2D eigenvalue weighted by molar-refractivity contribution is -0.134. The maximum Gasteiger partial charge on any atom is 0.330 e. The molecule has 0 saturated carbocycles. The highest BCUT2D eigenvalue weighted by Crippen LogP contribution is 2.48. The minimum absolute atomic E-state index is 0.00967. The number of rotatable bonds is 5. The van der Waals surface area contributed by atoms with Gasteiger partial charge in [0.05, 0.1) is 7.11 Å². The number of nitrogens with zero attached hydrogens (tertiary/aromatic N) is 1. The van der Waals surface area contributed by atoms with E-state index >= 15 is 8.78 Å². The minimum Gasteiger partial charge on any atom is -0.508 e. The standard InChI is InChI=1S/C26H22F3NO3/c1-33-24(32)13-4-17-2-5-19(6-3-17)26(25(28)29)23-12-11-22(31)16-18(23)14-15-30(26)21-9-7-20(27)8-10-21/h2-13,16,25,31H,14-15H2,1H3/b13-4+. The average Bonchev–Trinajstić information content (AvgIpc) is 2.82. The number of methoxy groups -OCH3 is 1. The lowest BCUT2D eigenvalue weighted by Crippen LogP contribution is -2.56. The van der Waals surface area contributed by atoms with Crippen molar-refractivity contribution in [2.45, 2.75) is 18.4 Å². The molecule has 0 saturated heterocycles. The van der Waals surface area contributed by atoms with Crippen molar-refractivity contribution in [2.24, 2.45) is 0 Å². The van der Waals surface area contributed by atoms with E-state index in [-0.39, 0.29) is 12.3 Å². The van der Waals surface area contributed by atoms with E-state index in [0.717, 1.165) is 0 Å². The molecular formula is C26H22F3NO3. The van der Waals surface area contributed by atoms with Crippen molar-refractivity contribution in [3.63, 3.8) is 0 Å². The number of alkyl halides is 2. The predicted molar refractivity (Wildman–Crippen MR) is 120 cm³/mol. The van der Waals surface area contributed by atoms with Crippen LogP contribution in [0.15, 0.2) is 72.8 Å². The van der Waals surface area contributed by atoms with Gasteiger partial charge >= 0.3 is 5.97 Å². The lowest BCUT2D eigenvalue weighted by atomic mass is 9.75. The third-order valence-corrected chi connectivity index (χ3v) is 5.95. The van der Waals surface area contributed by atoms with Crippen LogP contribution in [0.4, 0.5) is 18.9 Å². The van der Waals surface area contributed by atoms with Crippen molar-refractivity contribution >= 4 is 17.7 Å². The fraction of sp³-hybridized carbons (Fsp3) is 0.192. The zero-order valence-electron chi connectivity index (χ0n) is 17.8. The Balaban J connectivity index is 1.90. The van der Waals surface area contributed by atoms with Gasteiger partial charge in [0.2, 0.25) is 0 Å². The summed E-state index contributed by atoms with van der Waals surface area (Å²) in [5, 5.41) is 9.95. The Morgan fingerprint density at radius 2 is 1.79 bits per heavy atom. The summed E-state index contributed by atoms with van der Waals surface area (Å²) in [6.45, 7) is 0.246. The smallest absolute Gasteiger partial charge is 0.330 e. The number of esters is 1. The number of carbonyl (C=O) groups is 1. The zero-order valence-corrected chi connectivity index (χ0v) is 17.8. The van der Waals surface area contributed by atoms with Crippen LogP contribution < -0.4 is 4.90 Å². The third-order valence-electron chi connectivity index (χ3n) is 5.95. The summed E-state index contributed by atoms with van der Waals surface area (Å²) in [5.41, 5.74) is 0.591. The molecule has 0 radical (unpaired) electrons. The molecule has 0 fully saturated rings. The van der Waals surface area contributed by atoms with Crippen LogP contribution in [0.25, 0.3) is 6.08 Å². The van der Waals surface area contributed by atoms with Crippen LogP contribution in [-0.4, -0.2) is 31.2 Å². The van der Waals surface area contributed by atoms with E-state index in [0.29, 0.717) is 34.4 Å². The first-order valence-electron chi connectivity index (χ1n) is 10.4. The van der Waals surface area contributed by atoms with Crippen molar-refractivity contribution in [1.29, 1.82) is 0 Å². The van der Waals surface area contributed by atoms with Crippen LogP contribution in [0.3, 0.4) is 0 Å². The summed E-state index contributed by atoms with van der Waals surface area (Å²) >= 11 is 0. The van der Waals surface area contributed by atoms with Crippen LogP contribution in [0.2, 0.25) is 0 Å². The van der Waals surface area contributed by atoms with E-state index in [2.05, 4.69) is 4.74 Å². The van der Waals surface area contributed by atoms with Gasteiger partial charge in [-0.15, -0.1) is 0 Å². The molecular weight excluding hydrogens is 431 g/mol. The van der Waals surface area contributed by atoms with Crippen LogP contribution in [0, 0.1) is 5.82 Å². The van der Waals surface area contributed by atoms with E-state index in [1.165, 1.54) is 61.7 Å². The van der Waals surface area contributed by atoms with Gasteiger partial charge in [-0.05, 0) is 71.1 Å². The number of phenols is 1. The summed E-state index contributed by atoms with van der Waals surface area (Å²) in [7, 11) is 1.27. The molecule has 3 aromatic carbocycles. The molecule has 1 heterocycles. The second kappa shape index (κ2) is 9.02. The highest BCUT2D eigenvalue weighted by Gasteiger charge is 2.51. The Kier molecular flexibility index (Phi) is 6.14. The normalized spacial score (nSPS) is 17.9. The number of anilines is 1. The summed E-state index contributed by atoms with van der Waals surface area (Å²) < 4.78 is 48.6. The van der Waals surface area contributed by atoms with Gasteiger partial charge in [0.25, 0.3) is 6.43 Å². The first-order valence-corrected chi connectivity index (χ1v) is 10.4. The number of hydrogen-bond donors (Lipinski definition) is 1. The van der Waals surface area contributed by atoms with E-state index < -0.39 is 23.8 Å². The largest absolute Gasteiger partial charge is 0.508 e. The molecule has 1 aliphatic rings. The first-order chi connectivity index (χ1) is 15.9. The number of aromatic hydroxyl groups is 1. The number of benzene rings is 3. The number of fused-ring (bicyclic) bond motifs is 1. The first kappa shape index (κ1) is 22.5. The number of ether oxygens (including phenoxy) is 1. The van der Waals surface area contributed by atoms with E-state index in [9.17, 15) is 14.3 Å². The van der Waals surface area contributed by atoms with Crippen molar-refractivity contribution in [2.75, 3.05) is 18.6 Å². The molecule has 0 bridgehead atoms. The van der Waals surface area contributed by atoms with E-state index in [1.807, 2.05) is 0 Å². The summed E-state index contributed by atoms with van der Waals surface area (Å²) in [6, 6.07) is 16.4. The highest BCUT2D eigenvalue weighted by atomic mass is 19.3. The fourth-order valence-electron chi connectivity index (χ4n) is 4.42. The number of phenolic OH excluding ortho intramolecular Hbond substituents is 1. The third kappa shape index (κ3) is 4.06. The maximum absolute atomic E-state index is 15.2. The Hall–Kier alpha value is -3.74. The van der Waals surface area contributed by atoms with Gasteiger partial charge in [-0.2, -0.15) is 0 Å². The monoisotopic (exact) mass is 453 g/mol. The summed E-state index contributed by atoms with van der Waals surface area (Å²) in [5.74, 6) is -0.965. The molecule has 1 aliphatic heterocycles. The second-order valence-corrected chi connectivity index (χ2v) is 7.77. The van der Waals surface area contributed by atoms with Crippen molar-refractivity contribution in [3.05, 3.63) is 101 Å². The highest BCUT2D eigenvalue weighted by molar-refractivity contribution is 5.86. The summed E-state index contributed by atoms with van der Waals surface area (Å²) in [6.07, 6.45) is 0.384. The molecule has 1 N–H and O–H groups in total. The van der Waals surface area contributed by atoms with Gasteiger partial charge in [-0.3, -0.25) is 0 Å². The molecule has 4 nitrogen and oxygen atoms in total. The van der Waals surface area contributed by atoms with Gasteiger partial charge in [-0.25, -0.2) is 18.0 Å². The Morgan fingerprint density at radius 1 is 1.09 bits per heavy atom. The SMILES string of the molecule is COC(=O)/C=C/c1ccc(C2(C(F)F)c3ccc(O)cc3CCN2c2ccc(F)cc2)cc1. The maximum atomic E-state index is 15.2. The van der Waals surface area contributed by atoms with Crippen molar-refractivity contribution in [1.82, 2.24) is 0 Å². The Bertz CT molecular complexity index is 1180. The van der Waals surface area contributed by atoms with Crippen LogP contribution in [0.5, 0.6) is 5.75 Å². The van der Waals surface area contributed by atoms with E-state index in [1.54, 1.807) is 29.2 Å². The molecule has 0 aliphatic carbocycles. The van der Waals surface area contributed by atoms with Crippen LogP contribution >= 0.6 is 0 Å². The van der Waals surface area contributed by atoms with Gasteiger partial charge in [0, 0.05) is 18.3 Å². The van der Waals surface area contributed by atoms with Gasteiger partial charge < -0.3 is 14.7 Å². The number of carbonyl (C=O) groups excluding carboxylic acids is 1. The summed E-state index contributed by atoms with van der Waals surface area (Å²) in [4.78, 5) is 13.0. The quantitative estimate of drug-likeness (QED) is 0.421. The fourth-order valence-corrected chi connectivity index (χ4v) is 4.42. The van der Waals surface area contributed by atoms with Crippen molar-refractivity contribution < 1.29 is 27.8 Å². The Labute approximate surface area is 189 Å². The van der Waals surface area contributed by atoms with Gasteiger partial charge in [0.15, 0.2) is 5.54 Å². The predicted octanol–water partition coefficient (Wildman–Crippen LogP) is 5.29. The molecule has 1 unspecified atom stereocenters. The Morgan fingerprint density at radius 3 is 2.42 bits per heavy atom. The number of halogens is 3. The molecule has 1 atom stereocenters. The van der Waals surface area contributed by atoms with Crippen molar-refractivity contribution in [3.8, 4) is 5.75 Å². The molecule has 7 heteroatoms. The van der Waals surface area contributed by atoms with Crippen LogP contribution in [-0.2, 0) is 21.5 Å². The minimum atomic E-state index is -2.84. The molecule has 170 valence electrons. The molecule has 0 aromatic heterocycles. The second-order valence-electron chi connectivity index (χ2n) is 7.77. The van der Waals surface area contributed by atoms with Gasteiger partial charge in [0.1, 0.15) is 11.6 Å². The molecule has 3 aromatic rings. The van der Waals surface area contributed by atoms with Gasteiger partial charge in [-0.1, -0.05) is 30.3 Å². The molecule has 0 spiro atoms. The number of hydrogen-bond acceptors (Lipinski definition) is 4. The topological polar surface area (TPSA) is 49.8 Å². The molecule has 33 heavy (non-hydrogen) atoms. The molecule has 0 amide bonds. The lowest BCUT2D eigenvalue weighted by Gasteiger charge is -2.49. The zero-order chi connectivity index (χ0) is 23.6.